The van der Waals surface area contributed by atoms with Gasteiger partial charge in [-0.3, -0.25) is 4.79 Å². The van der Waals surface area contributed by atoms with Crippen molar-refractivity contribution in [2.45, 2.75) is 57.6 Å². The van der Waals surface area contributed by atoms with Crippen LogP contribution in [0.5, 0.6) is 0 Å². The molecule has 1 aliphatic carbocycles. The summed E-state index contributed by atoms with van der Waals surface area (Å²) in [6.07, 6.45) is -1.73. The fourth-order valence-corrected chi connectivity index (χ4v) is 6.48. The zero-order valence-corrected chi connectivity index (χ0v) is 20.1. The van der Waals surface area contributed by atoms with Crippen LogP contribution < -0.4 is 5.32 Å². The number of nitrogens with zero attached hydrogens (tertiary/aromatic N) is 1. The van der Waals surface area contributed by atoms with Gasteiger partial charge in [0.2, 0.25) is 9.84 Å². The molecule has 6 nitrogen and oxygen atoms in total. The van der Waals surface area contributed by atoms with Gasteiger partial charge in [-0.25, -0.2) is 17.6 Å². The number of halogens is 3. The summed E-state index contributed by atoms with van der Waals surface area (Å²) in [5.41, 5.74) is 1.22. The lowest BCUT2D eigenvalue weighted by Gasteiger charge is -2.16. The minimum absolute atomic E-state index is 0.0891. The number of alkyl halides is 3. The summed E-state index contributed by atoms with van der Waals surface area (Å²) in [4.78, 5) is 15.4. The third-order valence-corrected chi connectivity index (χ3v) is 8.91. The fraction of sp³-hybridized carbons (Fsp3) is 0.250. The highest BCUT2D eigenvalue weighted by molar-refractivity contribution is 7.92. The van der Waals surface area contributed by atoms with Gasteiger partial charge in [0.1, 0.15) is 0 Å². The van der Waals surface area contributed by atoms with Gasteiger partial charge in [0, 0.05) is 11.1 Å². The van der Waals surface area contributed by atoms with E-state index >= 15 is 0 Å². The van der Waals surface area contributed by atoms with E-state index in [0.717, 1.165) is 18.4 Å². The maximum atomic E-state index is 13.4. The molecule has 35 heavy (non-hydrogen) atoms. The Balaban J connectivity index is 1.66. The third-order valence-electron chi connectivity index (χ3n) is 5.62. The van der Waals surface area contributed by atoms with Gasteiger partial charge in [0.25, 0.3) is 0 Å². The number of nitrogens with one attached hydrogen (secondary N) is 1. The van der Waals surface area contributed by atoms with E-state index in [1.807, 2.05) is 5.32 Å². The number of benzene rings is 2. The first-order valence-corrected chi connectivity index (χ1v) is 13.3. The largest absolute Gasteiger partial charge is 0.471 e. The SMILES string of the molecule is CC(NC(=O)C(F)(F)F)c1ccc(S(=O)c2ccc(C3CC3)cc2S(=O)(=O)c2ccccn2)cc1. The van der Waals surface area contributed by atoms with E-state index in [1.54, 1.807) is 30.3 Å². The maximum Gasteiger partial charge on any atom is 0.471 e. The topological polar surface area (TPSA) is 93.2 Å². The van der Waals surface area contributed by atoms with E-state index in [2.05, 4.69) is 4.98 Å². The van der Waals surface area contributed by atoms with Crippen LogP contribution in [-0.4, -0.2) is 29.7 Å². The molecule has 184 valence electrons. The van der Waals surface area contributed by atoms with Crippen LogP contribution in [-0.2, 0) is 25.4 Å². The molecule has 0 bridgehead atoms. The highest BCUT2D eigenvalue weighted by Gasteiger charge is 2.39. The zero-order chi connectivity index (χ0) is 25.4. The first kappa shape index (κ1) is 25.1. The van der Waals surface area contributed by atoms with Gasteiger partial charge < -0.3 is 5.32 Å². The summed E-state index contributed by atoms with van der Waals surface area (Å²) < 4.78 is 77.8. The Labute approximate surface area is 203 Å². The van der Waals surface area contributed by atoms with Crippen LogP contribution in [0.1, 0.15) is 42.9 Å². The van der Waals surface area contributed by atoms with Crippen LogP contribution >= 0.6 is 0 Å². The summed E-state index contributed by atoms with van der Waals surface area (Å²) in [6, 6.07) is 14.2. The first-order chi connectivity index (χ1) is 16.5. The van der Waals surface area contributed by atoms with Gasteiger partial charge in [-0.05, 0) is 73.2 Å². The van der Waals surface area contributed by atoms with Crippen molar-refractivity contribution < 1.29 is 30.6 Å². The van der Waals surface area contributed by atoms with Crippen molar-refractivity contribution in [3.63, 3.8) is 0 Å². The Morgan fingerprint density at radius 1 is 1.09 bits per heavy atom. The Kier molecular flexibility index (Phi) is 6.83. The average Bonchev–Trinajstić information content (AvgIpc) is 3.69. The van der Waals surface area contributed by atoms with Gasteiger partial charge in [-0.1, -0.05) is 24.3 Å². The molecule has 1 aliphatic rings. The van der Waals surface area contributed by atoms with E-state index < -0.39 is 38.8 Å². The minimum Gasteiger partial charge on any atom is -0.342 e. The molecule has 0 aliphatic heterocycles. The van der Waals surface area contributed by atoms with E-state index in [9.17, 15) is 30.6 Å². The van der Waals surface area contributed by atoms with Gasteiger partial charge in [0.05, 0.1) is 26.6 Å². The quantitative estimate of drug-likeness (QED) is 0.486. The zero-order valence-electron chi connectivity index (χ0n) is 18.5. The first-order valence-electron chi connectivity index (χ1n) is 10.7. The Hall–Kier alpha value is -3.05. The van der Waals surface area contributed by atoms with Crippen molar-refractivity contribution in [2.75, 3.05) is 0 Å². The molecule has 2 unspecified atom stereocenters. The Morgan fingerprint density at radius 2 is 1.77 bits per heavy atom. The molecule has 0 spiro atoms. The third kappa shape index (κ3) is 5.46. The molecule has 1 N–H and O–H groups in total. The standard InChI is InChI=1S/C24H21F3N2O4S2/c1-15(29-23(30)24(25,26)27)16-7-10-19(11-8-16)34(31)20-12-9-18(17-5-6-17)14-21(20)35(32,33)22-4-2-3-13-28-22/h2-4,7-15,17H,5-6H2,1H3,(H,29,30). The van der Waals surface area contributed by atoms with Crippen molar-refractivity contribution in [2.24, 2.45) is 0 Å². The molecule has 0 radical (unpaired) electrons. The van der Waals surface area contributed by atoms with Crippen LogP contribution in [0.2, 0.25) is 0 Å². The number of carbonyl (C=O) groups excluding carboxylic acids is 1. The number of sulfone groups is 1. The molecule has 3 aromatic rings. The molecule has 11 heteroatoms. The molecule has 2 aromatic carbocycles. The number of amides is 1. The number of aromatic nitrogens is 1. The van der Waals surface area contributed by atoms with E-state index in [-0.39, 0.29) is 25.6 Å². The van der Waals surface area contributed by atoms with Gasteiger partial charge in [-0.2, -0.15) is 13.2 Å². The monoisotopic (exact) mass is 522 g/mol. The summed E-state index contributed by atoms with van der Waals surface area (Å²) >= 11 is 0. The van der Waals surface area contributed by atoms with Gasteiger partial charge in [0.15, 0.2) is 5.03 Å². The number of hydrogen-bond donors (Lipinski definition) is 1. The average molecular weight is 523 g/mol. The normalized spacial score (nSPS) is 15.9. The predicted molar refractivity (Wildman–Crippen MR) is 122 cm³/mol. The second-order valence-electron chi connectivity index (χ2n) is 8.18. The number of carbonyl (C=O) groups is 1. The molecule has 1 fully saturated rings. The van der Waals surface area contributed by atoms with Crippen molar-refractivity contribution in [1.29, 1.82) is 0 Å². The van der Waals surface area contributed by atoms with Gasteiger partial charge >= 0.3 is 12.1 Å². The number of rotatable bonds is 7. The highest BCUT2D eigenvalue weighted by atomic mass is 32.2. The molecule has 1 heterocycles. The molecular formula is C24H21F3N2O4S2. The number of hydrogen-bond acceptors (Lipinski definition) is 5. The van der Waals surface area contributed by atoms with E-state index in [1.165, 1.54) is 43.5 Å². The number of pyridine rings is 1. The lowest BCUT2D eigenvalue weighted by molar-refractivity contribution is -0.174. The van der Waals surface area contributed by atoms with Gasteiger partial charge in [-0.15, -0.1) is 0 Å². The fourth-order valence-electron chi connectivity index (χ4n) is 3.55. The second-order valence-corrected chi connectivity index (χ2v) is 11.5. The maximum absolute atomic E-state index is 13.4. The molecule has 4 rings (SSSR count). The van der Waals surface area contributed by atoms with Crippen molar-refractivity contribution in [1.82, 2.24) is 10.3 Å². The summed E-state index contributed by atoms with van der Waals surface area (Å²) in [6.45, 7) is 1.39. The summed E-state index contributed by atoms with van der Waals surface area (Å²) in [7, 11) is -5.96. The lowest BCUT2D eigenvalue weighted by atomic mass is 10.1. The Morgan fingerprint density at radius 3 is 2.34 bits per heavy atom. The van der Waals surface area contributed by atoms with Crippen molar-refractivity contribution >= 4 is 26.5 Å². The van der Waals surface area contributed by atoms with Crippen molar-refractivity contribution in [3.05, 3.63) is 78.0 Å². The summed E-state index contributed by atoms with van der Waals surface area (Å²) in [5.74, 6) is -1.79. The van der Waals surface area contributed by atoms with Crippen LogP contribution in [0.3, 0.4) is 0 Å². The second kappa shape index (κ2) is 9.54. The minimum atomic E-state index is -5.00. The molecule has 1 saturated carbocycles. The Bertz CT molecular complexity index is 1370. The molecule has 2 atom stereocenters. The molecular weight excluding hydrogens is 501 g/mol. The molecule has 0 saturated heterocycles. The highest BCUT2D eigenvalue weighted by Crippen LogP contribution is 2.42. The van der Waals surface area contributed by atoms with Crippen LogP contribution in [0.25, 0.3) is 0 Å². The van der Waals surface area contributed by atoms with Crippen molar-refractivity contribution in [3.8, 4) is 0 Å². The van der Waals surface area contributed by atoms with Crippen LogP contribution in [0, 0.1) is 0 Å². The predicted octanol–water partition coefficient (Wildman–Crippen LogP) is 4.70. The summed E-state index contributed by atoms with van der Waals surface area (Å²) in [5, 5.41) is 1.70. The van der Waals surface area contributed by atoms with Crippen LogP contribution in [0.15, 0.2) is 86.6 Å². The lowest BCUT2D eigenvalue weighted by Crippen LogP contribution is -2.38. The smallest absolute Gasteiger partial charge is 0.342 e. The molecule has 1 amide bonds. The van der Waals surface area contributed by atoms with E-state index in [0.29, 0.717) is 5.56 Å². The van der Waals surface area contributed by atoms with E-state index in [4.69, 9.17) is 0 Å². The molecule has 1 aromatic heterocycles. The van der Waals surface area contributed by atoms with Crippen LogP contribution in [0.4, 0.5) is 13.2 Å².